The molecular weight excluding hydrogens is 361 g/mol. The molecule has 144 valence electrons. The van der Waals surface area contributed by atoms with Crippen LogP contribution in [0.1, 0.15) is 17.5 Å². The molecule has 0 fully saturated rings. The van der Waals surface area contributed by atoms with E-state index in [0.717, 1.165) is 11.6 Å². The van der Waals surface area contributed by atoms with Crippen molar-refractivity contribution < 1.29 is 27.4 Å². The van der Waals surface area contributed by atoms with Crippen LogP contribution in [0.25, 0.3) is 6.08 Å². The standard InChI is InChI=1S/C19H19F3N2O3/c20-19(21,22)27-16-9-10-17(23)15(12-16)8-4-5-11-24-18(25)26-13-14-6-2-1-3-7-14/h1-4,6-10,12H,5,11,13,23H2,(H,24,25). The first-order chi connectivity index (χ1) is 12.8. The third-order valence-electron chi connectivity index (χ3n) is 3.38. The van der Waals surface area contributed by atoms with Gasteiger partial charge in [-0.3, -0.25) is 0 Å². The van der Waals surface area contributed by atoms with Crippen LogP contribution in [0.3, 0.4) is 0 Å². The number of amides is 1. The molecule has 2 aromatic rings. The Labute approximate surface area is 154 Å². The Bertz CT molecular complexity index is 778. The highest BCUT2D eigenvalue weighted by Gasteiger charge is 2.31. The first kappa shape index (κ1) is 20.2. The minimum absolute atomic E-state index is 0.172. The van der Waals surface area contributed by atoms with Gasteiger partial charge < -0.3 is 20.5 Å². The second kappa shape index (κ2) is 9.51. The first-order valence-corrected chi connectivity index (χ1v) is 8.10. The Kier molecular flexibility index (Phi) is 7.10. The fraction of sp³-hybridized carbons (Fsp3) is 0.211. The molecule has 0 unspecified atom stereocenters. The van der Waals surface area contributed by atoms with Gasteiger partial charge in [0.2, 0.25) is 0 Å². The fourth-order valence-electron chi connectivity index (χ4n) is 2.14. The van der Waals surface area contributed by atoms with Crippen molar-refractivity contribution in [2.24, 2.45) is 0 Å². The van der Waals surface area contributed by atoms with Gasteiger partial charge in [-0.2, -0.15) is 0 Å². The van der Waals surface area contributed by atoms with Gasteiger partial charge >= 0.3 is 12.5 Å². The SMILES string of the molecule is Nc1ccc(OC(F)(F)F)cc1C=CCCNC(=O)OCc1ccccc1. The number of carbonyl (C=O) groups excluding carboxylic acids is 1. The number of alkyl carbamates (subject to hydrolysis) is 1. The summed E-state index contributed by atoms with van der Waals surface area (Å²) < 4.78 is 45.7. The molecule has 0 aromatic heterocycles. The van der Waals surface area contributed by atoms with Gasteiger partial charge in [-0.1, -0.05) is 42.5 Å². The molecule has 0 bridgehead atoms. The number of anilines is 1. The number of hydrogen-bond acceptors (Lipinski definition) is 4. The molecule has 27 heavy (non-hydrogen) atoms. The van der Waals surface area contributed by atoms with Crippen LogP contribution in [0.2, 0.25) is 0 Å². The van der Waals surface area contributed by atoms with E-state index in [4.69, 9.17) is 10.5 Å². The van der Waals surface area contributed by atoms with Gasteiger partial charge in [-0.05, 0) is 30.2 Å². The van der Waals surface area contributed by atoms with E-state index in [9.17, 15) is 18.0 Å². The predicted octanol–water partition coefficient (Wildman–Crippen LogP) is 4.50. The van der Waals surface area contributed by atoms with Crippen molar-refractivity contribution in [2.75, 3.05) is 12.3 Å². The Balaban J connectivity index is 1.75. The lowest BCUT2D eigenvalue weighted by molar-refractivity contribution is -0.274. The number of nitrogen functional groups attached to an aromatic ring is 1. The number of ether oxygens (including phenoxy) is 2. The zero-order valence-corrected chi connectivity index (χ0v) is 14.3. The highest BCUT2D eigenvalue weighted by molar-refractivity contribution is 5.67. The van der Waals surface area contributed by atoms with E-state index < -0.39 is 12.5 Å². The molecule has 0 heterocycles. The molecule has 0 saturated carbocycles. The Morgan fingerprint density at radius 3 is 2.59 bits per heavy atom. The van der Waals surface area contributed by atoms with Gasteiger partial charge in [0.15, 0.2) is 0 Å². The number of nitrogens with one attached hydrogen (secondary N) is 1. The summed E-state index contributed by atoms with van der Waals surface area (Å²) in [6.07, 6.45) is -1.62. The van der Waals surface area contributed by atoms with Crippen molar-refractivity contribution in [1.29, 1.82) is 0 Å². The number of alkyl halides is 3. The molecule has 0 aliphatic rings. The summed E-state index contributed by atoms with van der Waals surface area (Å²) >= 11 is 0. The maximum Gasteiger partial charge on any atom is 0.573 e. The van der Waals surface area contributed by atoms with E-state index in [1.165, 1.54) is 12.1 Å². The summed E-state index contributed by atoms with van der Waals surface area (Å²) in [4.78, 5) is 11.6. The summed E-state index contributed by atoms with van der Waals surface area (Å²) in [5.74, 6) is -0.348. The number of nitrogens with two attached hydrogens (primary N) is 1. The molecule has 0 saturated heterocycles. The predicted molar refractivity (Wildman–Crippen MR) is 95.8 cm³/mol. The quantitative estimate of drug-likeness (QED) is 0.548. The third-order valence-corrected chi connectivity index (χ3v) is 3.38. The van der Waals surface area contributed by atoms with Crippen molar-refractivity contribution in [1.82, 2.24) is 5.32 Å². The second-order valence-corrected chi connectivity index (χ2v) is 5.52. The highest BCUT2D eigenvalue weighted by Crippen LogP contribution is 2.26. The van der Waals surface area contributed by atoms with Gasteiger partial charge in [-0.25, -0.2) is 4.79 Å². The van der Waals surface area contributed by atoms with Crippen LogP contribution in [-0.2, 0) is 11.3 Å². The number of hydrogen-bond donors (Lipinski definition) is 2. The van der Waals surface area contributed by atoms with Gasteiger partial charge in [-0.15, -0.1) is 13.2 Å². The van der Waals surface area contributed by atoms with E-state index in [1.807, 2.05) is 30.3 Å². The van der Waals surface area contributed by atoms with Gasteiger partial charge in [0.1, 0.15) is 12.4 Å². The number of carbonyl (C=O) groups is 1. The molecule has 0 atom stereocenters. The number of halogens is 3. The van der Waals surface area contributed by atoms with E-state index in [-0.39, 0.29) is 12.4 Å². The lowest BCUT2D eigenvalue weighted by Crippen LogP contribution is -2.24. The van der Waals surface area contributed by atoms with Crippen LogP contribution in [0.4, 0.5) is 23.7 Å². The molecule has 0 aliphatic heterocycles. The summed E-state index contributed by atoms with van der Waals surface area (Å²) in [6.45, 7) is 0.480. The first-order valence-electron chi connectivity index (χ1n) is 8.10. The van der Waals surface area contributed by atoms with Crippen molar-refractivity contribution in [2.45, 2.75) is 19.4 Å². The minimum Gasteiger partial charge on any atom is -0.445 e. The van der Waals surface area contributed by atoms with Crippen molar-refractivity contribution in [3.8, 4) is 5.75 Å². The Hall–Kier alpha value is -3.16. The van der Waals surface area contributed by atoms with E-state index >= 15 is 0 Å². The minimum atomic E-state index is -4.76. The van der Waals surface area contributed by atoms with Crippen LogP contribution >= 0.6 is 0 Å². The summed E-state index contributed by atoms with van der Waals surface area (Å²) in [6, 6.07) is 12.9. The number of rotatable bonds is 7. The molecule has 2 rings (SSSR count). The zero-order chi connectivity index (χ0) is 19.7. The van der Waals surface area contributed by atoms with Gasteiger partial charge in [0, 0.05) is 17.8 Å². The molecular formula is C19H19F3N2O3. The highest BCUT2D eigenvalue weighted by atomic mass is 19.4. The summed E-state index contributed by atoms with van der Waals surface area (Å²) in [5, 5.41) is 2.58. The second-order valence-electron chi connectivity index (χ2n) is 5.52. The molecule has 3 N–H and O–H groups in total. The van der Waals surface area contributed by atoms with Crippen molar-refractivity contribution in [3.05, 3.63) is 65.7 Å². The van der Waals surface area contributed by atoms with Gasteiger partial charge in [0.05, 0.1) is 0 Å². The number of benzene rings is 2. The van der Waals surface area contributed by atoms with Crippen molar-refractivity contribution in [3.63, 3.8) is 0 Å². The fourth-order valence-corrected chi connectivity index (χ4v) is 2.14. The smallest absolute Gasteiger partial charge is 0.445 e. The summed E-state index contributed by atoms with van der Waals surface area (Å²) in [7, 11) is 0. The zero-order valence-electron chi connectivity index (χ0n) is 14.3. The van der Waals surface area contributed by atoms with Crippen LogP contribution in [0, 0.1) is 0 Å². The average molecular weight is 380 g/mol. The Morgan fingerprint density at radius 1 is 1.15 bits per heavy atom. The largest absolute Gasteiger partial charge is 0.573 e. The molecule has 1 amide bonds. The average Bonchev–Trinajstić information content (AvgIpc) is 2.62. The maximum absolute atomic E-state index is 12.2. The molecule has 0 aliphatic carbocycles. The molecule has 0 radical (unpaired) electrons. The van der Waals surface area contributed by atoms with E-state index in [2.05, 4.69) is 10.1 Å². The molecule has 0 spiro atoms. The molecule has 2 aromatic carbocycles. The normalized spacial score (nSPS) is 11.4. The lowest BCUT2D eigenvalue weighted by atomic mass is 10.1. The monoisotopic (exact) mass is 380 g/mol. The summed E-state index contributed by atoms with van der Waals surface area (Å²) in [5.41, 5.74) is 7.32. The van der Waals surface area contributed by atoms with E-state index in [1.54, 1.807) is 12.2 Å². The van der Waals surface area contributed by atoms with Crippen LogP contribution < -0.4 is 15.8 Å². The topological polar surface area (TPSA) is 73.6 Å². The third kappa shape index (κ3) is 7.72. The molecule has 8 heteroatoms. The van der Waals surface area contributed by atoms with Gasteiger partial charge in [0.25, 0.3) is 0 Å². The Morgan fingerprint density at radius 2 is 1.89 bits per heavy atom. The van der Waals surface area contributed by atoms with E-state index in [0.29, 0.717) is 24.2 Å². The van der Waals surface area contributed by atoms with Crippen LogP contribution in [-0.4, -0.2) is 19.0 Å². The van der Waals surface area contributed by atoms with Crippen molar-refractivity contribution >= 4 is 17.9 Å². The van der Waals surface area contributed by atoms with Crippen LogP contribution in [0.5, 0.6) is 5.75 Å². The lowest BCUT2D eigenvalue weighted by Gasteiger charge is -2.10. The van der Waals surface area contributed by atoms with Crippen LogP contribution in [0.15, 0.2) is 54.6 Å². The maximum atomic E-state index is 12.2. The molecule has 5 nitrogen and oxygen atoms in total.